The van der Waals surface area contributed by atoms with Gasteiger partial charge < -0.3 is 15.1 Å². The average Bonchev–Trinajstić information content (AvgIpc) is 2.63. The molecule has 1 aliphatic rings. The van der Waals surface area contributed by atoms with Crippen LogP contribution in [0.3, 0.4) is 0 Å². The van der Waals surface area contributed by atoms with Crippen molar-refractivity contribution in [1.29, 1.82) is 0 Å². The number of rotatable bonds is 3. The van der Waals surface area contributed by atoms with Crippen LogP contribution in [0.4, 0.5) is 0 Å². The maximum absolute atomic E-state index is 12.8. The van der Waals surface area contributed by atoms with Gasteiger partial charge in [-0.15, -0.1) is 0 Å². The Balaban J connectivity index is 1.75. The van der Waals surface area contributed by atoms with E-state index >= 15 is 0 Å². The van der Waals surface area contributed by atoms with Gasteiger partial charge in [-0.1, -0.05) is 18.2 Å². The van der Waals surface area contributed by atoms with Gasteiger partial charge in [-0.3, -0.25) is 4.79 Å². The molecule has 138 valence electrons. The Bertz CT molecular complexity index is 934. The van der Waals surface area contributed by atoms with Crippen LogP contribution in [-0.4, -0.2) is 59.9 Å². The molecule has 0 unspecified atom stereocenters. The SMILES string of the molecule is Cc1ccc(O)c(S(=O)(=O)N2CCN(C(=O)c3ccccc3O)CC2)c1. The third-order valence-electron chi connectivity index (χ3n) is 4.39. The van der Waals surface area contributed by atoms with E-state index in [0.29, 0.717) is 0 Å². The number of hydrogen-bond acceptors (Lipinski definition) is 5. The quantitative estimate of drug-likeness (QED) is 0.847. The van der Waals surface area contributed by atoms with Crippen LogP contribution < -0.4 is 0 Å². The zero-order valence-electron chi connectivity index (χ0n) is 14.3. The molecule has 0 aliphatic carbocycles. The molecule has 1 saturated heterocycles. The van der Waals surface area contributed by atoms with Gasteiger partial charge >= 0.3 is 0 Å². The van der Waals surface area contributed by atoms with Crippen LogP contribution in [-0.2, 0) is 10.0 Å². The number of carbonyl (C=O) groups is 1. The number of hydrogen-bond donors (Lipinski definition) is 2. The second kappa shape index (κ2) is 6.97. The number of carbonyl (C=O) groups excluding carboxylic acids is 1. The van der Waals surface area contributed by atoms with Crippen molar-refractivity contribution in [3.63, 3.8) is 0 Å². The monoisotopic (exact) mass is 376 g/mol. The summed E-state index contributed by atoms with van der Waals surface area (Å²) in [6, 6.07) is 10.7. The first-order valence-electron chi connectivity index (χ1n) is 8.18. The Labute approximate surface area is 152 Å². The van der Waals surface area contributed by atoms with E-state index in [2.05, 4.69) is 0 Å². The normalized spacial score (nSPS) is 15.8. The van der Waals surface area contributed by atoms with Gasteiger partial charge in [0.25, 0.3) is 5.91 Å². The van der Waals surface area contributed by atoms with E-state index in [4.69, 9.17) is 0 Å². The van der Waals surface area contributed by atoms with Crippen LogP contribution in [0, 0.1) is 6.92 Å². The third-order valence-corrected chi connectivity index (χ3v) is 6.32. The van der Waals surface area contributed by atoms with E-state index < -0.39 is 10.0 Å². The van der Waals surface area contributed by atoms with E-state index in [-0.39, 0.29) is 54.0 Å². The fourth-order valence-corrected chi connectivity index (χ4v) is 4.51. The van der Waals surface area contributed by atoms with Gasteiger partial charge in [0, 0.05) is 26.2 Å². The molecule has 0 bridgehead atoms. The topological polar surface area (TPSA) is 98.2 Å². The second-order valence-corrected chi connectivity index (χ2v) is 8.09. The molecule has 2 N–H and O–H groups in total. The molecule has 0 aromatic heterocycles. The molecule has 1 heterocycles. The molecule has 1 fully saturated rings. The molecule has 0 spiro atoms. The van der Waals surface area contributed by atoms with Crippen molar-refractivity contribution in [3.8, 4) is 11.5 Å². The molecule has 0 atom stereocenters. The largest absolute Gasteiger partial charge is 0.507 e. The maximum atomic E-state index is 12.8. The molecule has 0 radical (unpaired) electrons. The summed E-state index contributed by atoms with van der Waals surface area (Å²) in [4.78, 5) is 13.9. The highest BCUT2D eigenvalue weighted by molar-refractivity contribution is 7.89. The standard InChI is InChI=1S/C18H20N2O5S/c1-13-6-7-16(22)17(12-13)26(24,25)20-10-8-19(9-11-20)18(23)14-4-2-3-5-15(14)21/h2-7,12,21-22H,8-11H2,1H3. The highest BCUT2D eigenvalue weighted by Gasteiger charge is 2.32. The molecular formula is C18H20N2O5S. The summed E-state index contributed by atoms with van der Waals surface area (Å²) in [6.07, 6.45) is 0. The number of nitrogens with zero attached hydrogens (tertiary/aromatic N) is 2. The van der Waals surface area contributed by atoms with E-state index in [1.807, 2.05) is 0 Å². The van der Waals surface area contributed by atoms with Crippen LogP contribution in [0.1, 0.15) is 15.9 Å². The van der Waals surface area contributed by atoms with Crippen molar-refractivity contribution >= 4 is 15.9 Å². The van der Waals surface area contributed by atoms with Crippen LogP contribution in [0.2, 0.25) is 0 Å². The molecule has 26 heavy (non-hydrogen) atoms. The Morgan fingerprint density at radius 3 is 2.27 bits per heavy atom. The minimum Gasteiger partial charge on any atom is -0.507 e. The summed E-state index contributed by atoms with van der Waals surface area (Å²) in [6.45, 7) is 2.41. The average molecular weight is 376 g/mol. The maximum Gasteiger partial charge on any atom is 0.257 e. The molecule has 7 nitrogen and oxygen atoms in total. The number of benzene rings is 2. The molecular weight excluding hydrogens is 356 g/mol. The van der Waals surface area contributed by atoms with Gasteiger partial charge in [0.1, 0.15) is 16.4 Å². The number of phenolic OH excluding ortho intramolecular Hbond substituents is 2. The second-order valence-electron chi connectivity index (χ2n) is 6.18. The van der Waals surface area contributed by atoms with Crippen molar-refractivity contribution in [2.45, 2.75) is 11.8 Å². The number of sulfonamides is 1. The molecule has 2 aromatic rings. The number of aryl methyl sites for hydroxylation is 1. The Morgan fingerprint density at radius 2 is 1.62 bits per heavy atom. The molecule has 1 aliphatic heterocycles. The van der Waals surface area contributed by atoms with Gasteiger partial charge in [0.2, 0.25) is 10.0 Å². The number of piperazine rings is 1. The first-order chi connectivity index (χ1) is 12.3. The number of para-hydroxylation sites is 1. The molecule has 3 rings (SSSR count). The van der Waals surface area contributed by atoms with Gasteiger partial charge in [-0.2, -0.15) is 4.31 Å². The van der Waals surface area contributed by atoms with Gasteiger partial charge in [0.05, 0.1) is 5.56 Å². The minimum atomic E-state index is -3.84. The Kier molecular flexibility index (Phi) is 4.88. The summed E-state index contributed by atoms with van der Waals surface area (Å²) < 4.78 is 26.8. The lowest BCUT2D eigenvalue weighted by Crippen LogP contribution is -2.50. The van der Waals surface area contributed by atoms with E-state index in [0.717, 1.165) is 5.56 Å². The predicted octanol–water partition coefficient (Wildman–Crippen LogP) is 1.55. The van der Waals surface area contributed by atoms with Gasteiger partial charge in [0.15, 0.2) is 0 Å². The van der Waals surface area contributed by atoms with Crippen LogP contribution in [0.25, 0.3) is 0 Å². The summed E-state index contributed by atoms with van der Waals surface area (Å²) in [5, 5.41) is 19.7. The minimum absolute atomic E-state index is 0.0998. The van der Waals surface area contributed by atoms with Gasteiger partial charge in [-0.05, 0) is 36.8 Å². The van der Waals surface area contributed by atoms with Crippen molar-refractivity contribution in [3.05, 3.63) is 53.6 Å². The van der Waals surface area contributed by atoms with E-state index in [1.54, 1.807) is 25.1 Å². The summed E-state index contributed by atoms with van der Waals surface area (Å²) in [5.74, 6) is -0.723. The van der Waals surface area contributed by atoms with Gasteiger partial charge in [-0.25, -0.2) is 8.42 Å². The summed E-state index contributed by atoms with van der Waals surface area (Å²) in [7, 11) is -3.84. The number of phenols is 2. The lowest BCUT2D eigenvalue weighted by molar-refractivity contribution is 0.0694. The zero-order chi connectivity index (χ0) is 18.9. The lowest BCUT2D eigenvalue weighted by atomic mass is 10.1. The van der Waals surface area contributed by atoms with Crippen LogP contribution in [0.5, 0.6) is 11.5 Å². The zero-order valence-corrected chi connectivity index (χ0v) is 15.1. The lowest BCUT2D eigenvalue weighted by Gasteiger charge is -2.34. The predicted molar refractivity (Wildman–Crippen MR) is 95.6 cm³/mol. The third kappa shape index (κ3) is 3.38. The molecule has 0 saturated carbocycles. The first-order valence-corrected chi connectivity index (χ1v) is 9.62. The summed E-state index contributed by atoms with van der Waals surface area (Å²) in [5.41, 5.74) is 0.926. The highest BCUT2D eigenvalue weighted by atomic mass is 32.2. The number of amides is 1. The van der Waals surface area contributed by atoms with E-state index in [1.165, 1.54) is 33.5 Å². The van der Waals surface area contributed by atoms with E-state index in [9.17, 15) is 23.4 Å². The molecule has 2 aromatic carbocycles. The Hall–Kier alpha value is -2.58. The number of aromatic hydroxyl groups is 2. The van der Waals surface area contributed by atoms with Crippen molar-refractivity contribution < 1.29 is 23.4 Å². The van der Waals surface area contributed by atoms with Crippen LogP contribution in [0.15, 0.2) is 47.4 Å². The van der Waals surface area contributed by atoms with Crippen molar-refractivity contribution in [2.75, 3.05) is 26.2 Å². The Morgan fingerprint density at radius 1 is 0.962 bits per heavy atom. The highest BCUT2D eigenvalue weighted by Crippen LogP contribution is 2.28. The fraction of sp³-hybridized carbons (Fsp3) is 0.278. The molecule has 1 amide bonds. The van der Waals surface area contributed by atoms with Crippen LogP contribution >= 0.6 is 0 Å². The molecule has 8 heteroatoms. The van der Waals surface area contributed by atoms with Crippen molar-refractivity contribution in [1.82, 2.24) is 9.21 Å². The van der Waals surface area contributed by atoms with Crippen molar-refractivity contribution in [2.24, 2.45) is 0 Å². The smallest absolute Gasteiger partial charge is 0.257 e. The fourth-order valence-electron chi connectivity index (χ4n) is 2.92. The summed E-state index contributed by atoms with van der Waals surface area (Å²) >= 11 is 0. The first kappa shape index (κ1) is 18.2.